The summed E-state index contributed by atoms with van der Waals surface area (Å²) < 4.78 is 25.3. The van der Waals surface area contributed by atoms with Gasteiger partial charge in [0.1, 0.15) is 5.82 Å². The summed E-state index contributed by atoms with van der Waals surface area (Å²) in [6.07, 6.45) is -0.558. The molecule has 100 valence electrons. The molecule has 4 nitrogen and oxygen atoms in total. The zero-order chi connectivity index (χ0) is 13.1. The maximum Gasteiger partial charge on any atom is 0.267 e. The van der Waals surface area contributed by atoms with Crippen LogP contribution in [0.5, 0.6) is 0 Å². The topological polar surface area (TPSA) is 41.0 Å². The van der Waals surface area contributed by atoms with Crippen LogP contribution in [0.25, 0.3) is 0 Å². The molecule has 0 saturated carbocycles. The van der Waals surface area contributed by atoms with Crippen LogP contribution in [0.2, 0.25) is 5.15 Å². The lowest BCUT2D eigenvalue weighted by Gasteiger charge is -2.30. The molecule has 1 N–H and O–H groups in total. The Bertz CT molecular complexity index is 416. The Labute approximate surface area is 109 Å². The number of rotatable bonds is 3. The molecule has 2 rings (SSSR count). The minimum Gasteiger partial charge on any atom is -0.365 e. The van der Waals surface area contributed by atoms with Gasteiger partial charge in [-0.3, -0.25) is 0 Å². The number of aromatic nitrogens is 2. The lowest BCUT2D eigenvalue weighted by Crippen LogP contribution is -2.39. The summed E-state index contributed by atoms with van der Waals surface area (Å²) in [5.41, 5.74) is -0.279. The molecule has 0 aliphatic carbocycles. The zero-order valence-electron chi connectivity index (χ0n) is 10.0. The molecule has 2 heterocycles. The van der Waals surface area contributed by atoms with Gasteiger partial charge in [0.15, 0.2) is 5.15 Å². The summed E-state index contributed by atoms with van der Waals surface area (Å²) in [6, 6.07) is 1.49. The maximum atomic E-state index is 12.7. The van der Waals surface area contributed by atoms with Crippen molar-refractivity contribution in [3.05, 3.63) is 16.8 Å². The Hall–Kier alpha value is -1.01. The Morgan fingerprint density at radius 3 is 2.94 bits per heavy atom. The molecule has 0 amide bonds. The highest BCUT2D eigenvalue weighted by atomic mass is 35.5. The molecular weight excluding hydrogens is 262 g/mol. The largest absolute Gasteiger partial charge is 0.365 e. The summed E-state index contributed by atoms with van der Waals surface area (Å²) in [5, 5.41) is 10.2. The van der Waals surface area contributed by atoms with Crippen molar-refractivity contribution < 1.29 is 8.78 Å². The van der Waals surface area contributed by atoms with Gasteiger partial charge in [0.25, 0.3) is 6.43 Å². The average Bonchev–Trinajstić information content (AvgIpc) is 2.31. The van der Waals surface area contributed by atoms with Crippen molar-refractivity contribution in [2.75, 3.05) is 25.5 Å². The van der Waals surface area contributed by atoms with E-state index in [9.17, 15) is 8.78 Å². The quantitative estimate of drug-likeness (QED) is 0.921. The fraction of sp³-hybridized carbons (Fsp3) is 0.636. The van der Waals surface area contributed by atoms with Crippen molar-refractivity contribution >= 4 is 17.4 Å². The fourth-order valence-electron chi connectivity index (χ4n) is 2.11. The third kappa shape index (κ3) is 3.26. The maximum absolute atomic E-state index is 12.7. The molecule has 1 saturated heterocycles. The second-order valence-electron chi connectivity index (χ2n) is 4.52. The van der Waals surface area contributed by atoms with E-state index in [2.05, 4.69) is 20.4 Å². The predicted octanol–water partition coefficient (Wildman–Crippen LogP) is 2.57. The van der Waals surface area contributed by atoms with Crippen LogP contribution in [0.1, 0.15) is 24.8 Å². The van der Waals surface area contributed by atoms with E-state index in [-0.39, 0.29) is 16.8 Å². The molecule has 1 aromatic rings. The summed E-state index contributed by atoms with van der Waals surface area (Å²) in [6.45, 7) is 1.93. The first-order chi connectivity index (χ1) is 8.56. The Kier molecular flexibility index (Phi) is 4.29. The SMILES string of the molecule is CN1CCCC(Nc2cc(C(F)F)c(Cl)nn2)C1. The smallest absolute Gasteiger partial charge is 0.267 e. The van der Waals surface area contributed by atoms with Gasteiger partial charge in [-0.05, 0) is 32.5 Å². The number of likely N-dealkylation sites (tertiary alicyclic amines) is 1. The van der Waals surface area contributed by atoms with E-state index in [1.165, 1.54) is 6.07 Å². The van der Waals surface area contributed by atoms with Crippen molar-refractivity contribution in [1.82, 2.24) is 15.1 Å². The predicted molar refractivity (Wildman–Crippen MR) is 66.1 cm³/mol. The van der Waals surface area contributed by atoms with Crippen LogP contribution in [0.15, 0.2) is 6.07 Å². The minimum absolute atomic E-state index is 0.213. The van der Waals surface area contributed by atoms with E-state index in [1.54, 1.807) is 0 Å². The normalized spacial score (nSPS) is 21.3. The molecule has 0 aromatic carbocycles. The second-order valence-corrected chi connectivity index (χ2v) is 4.88. The van der Waals surface area contributed by atoms with Gasteiger partial charge in [-0.15, -0.1) is 10.2 Å². The molecule has 7 heteroatoms. The second kappa shape index (κ2) is 5.75. The number of hydrogen-bond acceptors (Lipinski definition) is 4. The van der Waals surface area contributed by atoms with Crippen LogP contribution in [0.3, 0.4) is 0 Å². The van der Waals surface area contributed by atoms with Crippen LogP contribution >= 0.6 is 11.6 Å². The van der Waals surface area contributed by atoms with Gasteiger partial charge in [0.05, 0.1) is 5.56 Å². The summed E-state index contributed by atoms with van der Waals surface area (Å²) in [4.78, 5) is 2.19. The molecule has 1 atom stereocenters. The first kappa shape index (κ1) is 13.4. The number of hydrogen-bond donors (Lipinski definition) is 1. The standard InChI is InChI=1S/C11H15ClF2N4/c1-18-4-2-3-7(6-18)15-9-5-8(11(13)14)10(12)17-16-9/h5,7,11H,2-4,6H2,1H3,(H,15,16). The Morgan fingerprint density at radius 2 is 2.28 bits per heavy atom. The van der Waals surface area contributed by atoms with E-state index in [0.29, 0.717) is 5.82 Å². The van der Waals surface area contributed by atoms with E-state index in [0.717, 1.165) is 25.9 Å². The highest BCUT2D eigenvalue weighted by molar-refractivity contribution is 6.30. The first-order valence-corrected chi connectivity index (χ1v) is 6.20. The monoisotopic (exact) mass is 276 g/mol. The zero-order valence-corrected chi connectivity index (χ0v) is 10.8. The lowest BCUT2D eigenvalue weighted by molar-refractivity contribution is 0.151. The molecule has 1 fully saturated rings. The third-order valence-corrected chi connectivity index (χ3v) is 3.28. The molecular formula is C11H15ClF2N4. The number of anilines is 1. The van der Waals surface area contributed by atoms with Crippen molar-refractivity contribution in [3.8, 4) is 0 Å². The highest BCUT2D eigenvalue weighted by Gasteiger charge is 2.19. The summed E-state index contributed by atoms with van der Waals surface area (Å²) >= 11 is 5.57. The summed E-state index contributed by atoms with van der Waals surface area (Å²) in [7, 11) is 2.03. The van der Waals surface area contributed by atoms with Crippen LogP contribution < -0.4 is 5.32 Å². The molecule has 0 radical (unpaired) electrons. The van der Waals surface area contributed by atoms with Crippen molar-refractivity contribution in [2.45, 2.75) is 25.3 Å². The number of alkyl halides is 2. The molecule has 1 aliphatic rings. The van der Waals surface area contributed by atoms with Gasteiger partial charge in [0, 0.05) is 12.6 Å². The van der Waals surface area contributed by atoms with Crippen LogP contribution in [0.4, 0.5) is 14.6 Å². The number of nitrogens with zero attached hydrogens (tertiary/aromatic N) is 3. The molecule has 0 spiro atoms. The molecule has 18 heavy (non-hydrogen) atoms. The number of nitrogens with one attached hydrogen (secondary N) is 1. The number of halogens is 3. The van der Waals surface area contributed by atoms with E-state index >= 15 is 0 Å². The van der Waals surface area contributed by atoms with Crippen molar-refractivity contribution in [1.29, 1.82) is 0 Å². The van der Waals surface area contributed by atoms with Gasteiger partial charge in [-0.1, -0.05) is 11.6 Å². The van der Waals surface area contributed by atoms with Crippen LogP contribution in [0, 0.1) is 0 Å². The first-order valence-electron chi connectivity index (χ1n) is 5.82. The molecule has 1 aromatic heterocycles. The van der Waals surface area contributed by atoms with Crippen LogP contribution in [-0.4, -0.2) is 41.3 Å². The van der Waals surface area contributed by atoms with Gasteiger partial charge in [0.2, 0.25) is 0 Å². The van der Waals surface area contributed by atoms with Gasteiger partial charge in [-0.25, -0.2) is 8.78 Å². The summed E-state index contributed by atoms with van der Waals surface area (Å²) in [5.74, 6) is 0.356. The lowest BCUT2D eigenvalue weighted by atomic mass is 10.1. The Morgan fingerprint density at radius 1 is 1.50 bits per heavy atom. The van der Waals surface area contributed by atoms with Crippen molar-refractivity contribution in [3.63, 3.8) is 0 Å². The van der Waals surface area contributed by atoms with Gasteiger partial charge in [-0.2, -0.15) is 0 Å². The van der Waals surface area contributed by atoms with E-state index in [1.807, 2.05) is 7.05 Å². The van der Waals surface area contributed by atoms with E-state index in [4.69, 9.17) is 11.6 Å². The van der Waals surface area contributed by atoms with Crippen molar-refractivity contribution in [2.24, 2.45) is 0 Å². The van der Waals surface area contributed by atoms with Gasteiger partial charge >= 0.3 is 0 Å². The van der Waals surface area contributed by atoms with Gasteiger partial charge < -0.3 is 10.2 Å². The number of likely N-dealkylation sites (N-methyl/N-ethyl adjacent to an activating group) is 1. The molecule has 1 aliphatic heterocycles. The Balaban J connectivity index is 2.07. The minimum atomic E-state index is -2.64. The average molecular weight is 277 g/mol. The third-order valence-electron chi connectivity index (χ3n) is 2.99. The molecule has 0 bridgehead atoms. The highest BCUT2D eigenvalue weighted by Crippen LogP contribution is 2.26. The van der Waals surface area contributed by atoms with Crippen LogP contribution in [-0.2, 0) is 0 Å². The fourth-order valence-corrected chi connectivity index (χ4v) is 2.28. The molecule has 1 unspecified atom stereocenters. The number of piperidine rings is 1. The van der Waals surface area contributed by atoms with E-state index < -0.39 is 6.43 Å².